The molecule has 0 spiro atoms. The van der Waals surface area contributed by atoms with Crippen LogP contribution in [0.2, 0.25) is 5.02 Å². The zero-order valence-electron chi connectivity index (χ0n) is 10.8. The van der Waals surface area contributed by atoms with Gasteiger partial charge in [-0.1, -0.05) is 24.1 Å². The lowest BCUT2D eigenvalue weighted by atomic mass is 10.1. The van der Waals surface area contributed by atoms with Gasteiger partial charge in [-0.15, -0.1) is 0 Å². The number of halogens is 1. The Morgan fingerprint density at radius 3 is 2.67 bits per heavy atom. The van der Waals surface area contributed by atoms with E-state index >= 15 is 0 Å². The molecule has 1 atom stereocenters. The number of unbranched alkanes of at least 4 members (excludes halogenated alkanes) is 1. The molecule has 1 unspecified atom stereocenters. The summed E-state index contributed by atoms with van der Waals surface area (Å²) < 4.78 is 24.0. The second-order valence-corrected chi connectivity index (χ2v) is 7.01. The summed E-state index contributed by atoms with van der Waals surface area (Å²) in [6.45, 7) is 2.09. The number of rotatable bonds is 7. The molecule has 0 aliphatic carbocycles. The van der Waals surface area contributed by atoms with Gasteiger partial charge in [0.15, 0.2) is 9.84 Å². The Bertz CT molecular complexity index is 474. The summed E-state index contributed by atoms with van der Waals surface area (Å²) in [5, 5.41) is 3.59. The minimum atomic E-state index is -3.19. The first-order valence-corrected chi connectivity index (χ1v) is 8.14. The second kappa shape index (κ2) is 7.12. The van der Waals surface area contributed by atoms with E-state index in [-0.39, 0.29) is 5.75 Å². The summed E-state index contributed by atoms with van der Waals surface area (Å²) in [5.41, 5.74) is 0. The maximum absolute atomic E-state index is 12.0. The van der Waals surface area contributed by atoms with Crippen LogP contribution in [0.25, 0.3) is 0 Å². The van der Waals surface area contributed by atoms with Crippen LogP contribution in [0.15, 0.2) is 29.2 Å². The molecule has 0 amide bonds. The maximum Gasteiger partial charge on any atom is 0.178 e. The zero-order valence-corrected chi connectivity index (χ0v) is 12.4. The summed E-state index contributed by atoms with van der Waals surface area (Å²) in [7, 11) is -1.28. The molecule has 3 nitrogen and oxygen atoms in total. The Hall–Kier alpha value is -0.580. The fraction of sp³-hybridized carbons (Fsp3) is 0.538. The highest BCUT2D eigenvalue weighted by molar-refractivity contribution is 7.91. The Morgan fingerprint density at radius 2 is 2.06 bits per heavy atom. The normalized spacial score (nSPS) is 13.5. The quantitative estimate of drug-likeness (QED) is 0.785. The molecule has 0 saturated heterocycles. The van der Waals surface area contributed by atoms with Crippen molar-refractivity contribution in [3.8, 4) is 0 Å². The van der Waals surface area contributed by atoms with Gasteiger partial charge in [0.05, 0.1) is 10.6 Å². The number of hydrogen-bond donors (Lipinski definition) is 1. The molecule has 0 aromatic heterocycles. The summed E-state index contributed by atoms with van der Waals surface area (Å²) >= 11 is 5.80. The average molecular weight is 290 g/mol. The van der Waals surface area contributed by atoms with E-state index in [2.05, 4.69) is 12.2 Å². The third-order valence-corrected chi connectivity index (χ3v) is 4.98. The number of sulfone groups is 1. The molecule has 1 rings (SSSR count). The van der Waals surface area contributed by atoms with Gasteiger partial charge in [-0.3, -0.25) is 0 Å². The number of hydrogen-bond acceptors (Lipinski definition) is 3. The summed E-state index contributed by atoms with van der Waals surface area (Å²) in [6.07, 6.45) is 2.57. The molecule has 1 N–H and O–H groups in total. The first-order valence-electron chi connectivity index (χ1n) is 6.11. The molecular weight excluding hydrogens is 270 g/mol. The first kappa shape index (κ1) is 15.5. The topological polar surface area (TPSA) is 46.2 Å². The van der Waals surface area contributed by atoms with Gasteiger partial charge < -0.3 is 5.32 Å². The molecule has 0 radical (unpaired) electrons. The molecule has 0 saturated carbocycles. The molecule has 18 heavy (non-hydrogen) atoms. The SMILES string of the molecule is CNC(C)CCCCS(=O)(=O)c1cccc(Cl)c1. The number of nitrogens with one attached hydrogen (secondary N) is 1. The highest BCUT2D eigenvalue weighted by atomic mass is 35.5. The highest BCUT2D eigenvalue weighted by Crippen LogP contribution is 2.18. The van der Waals surface area contributed by atoms with Gasteiger partial charge in [0.25, 0.3) is 0 Å². The van der Waals surface area contributed by atoms with Crippen LogP contribution in [0.5, 0.6) is 0 Å². The van der Waals surface area contributed by atoms with E-state index in [1.54, 1.807) is 18.2 Å². The lowest BCUT2D eigenvalue weighted by molar-refractivity contribution is 0.533. The van der Waals surface area contributed by atoms with Crippen molar-refractivity contribution in [2.75, 3.05) is 12.8 Å². The van der Waals surface area contributed by atoms with Crippen molar-refractivity contribution in [2.24, 2.45) is 0 Å². The third-order valence-electron chi connectivity index (χ3n) is 2.95. The van der Waals surface area contributed by atoms with Gasteiger partial charge in [0.1, 0.15) is 0 Å². The van der Waals surface area contributed by atoms with Crippen LogP contribution in [0.3, 0.4) is 0 Å². The molecule has 0 aliphatic rings. The van der Waals surface area contributed by atoms with Crippen LogP contribution in [0.1, 0.15) is 26.2 Å². The smallest absolute Gasteiger partial charge is 0.178 e. The standard InChI is InChI=1S/C13H20ClNO2S/c1-11(15-2)6-3-4-9-18(16,17)13-8-5-7-12(14)10-13/h5,7-8,10-11,15H,3-4,6,9H2,1-2H3. The molecule has 1 aromatic carbocycles. The number of benzene rings is 1. The summed E-state index contributed by atoms with van der Waals surface area (Å²) in [6, 6.07) is 6.87. The minimum absolute atomic E-state index is 0.184. The van der Waals surface area contributed by atoms with Gasteiger partial charge in [0, 0.05) is 11.1 Å². The highest BCUT2D eigenvalue weighted by Gasteiger charge is 2.14. The van der Waals surface area contributed by atoms with E-state index in [0.717, 1.165) is 12.8 Å². The fourth-order valence-electron chi connectivity index (χ4n) is 1.67. The molecule has 1 aromatic rings. The van der Waals surface area contributed by atoms with Crippen molar-refractivity contribution in [2.45, 2.75) is 37.1 Å². The predicted molar refractivity (Wildman–Crippen MR) is 75.9 cm³/mol. The van der Waals surface area contributed by atoms with Crippen LogP contribution in [0.4, 0.5) is 0 Å². The van der Waals surface area contributed by atoms with Crippen molar-refractivity contribution in [1.82, 2.24) is 5.32 Å². The van der Waals surface area contributed by atoms with Crippen LogP contribution < -0.4 is 5.32 Å². The third kappa shape index (κ3) is 4.96. The molecule has 102 valence electrons. The maximum atomic E-state index is 12.0. The van der Waals surface area contributed by atoms with E-state index in [0.29, 0.717) is 22.4 Å². The van der Waals surface area contributed by atoms with Crippen molar-refractivity contribution < 1.29 is 8.42 Å². The van der Waals surface area contributed by atoms with Gasteiger partial charge in [-0.25, -0.2) is 8.42 Å². The fourth-order valence-corrected chi connectivity index (χ4v) is 3.33. The largest absolute Gasteiger partial charge is 0.317 e. The Labute approximate surface area is 114 Å². The monoisotopic (exact) mass is 289 g/mol. The van der Waals surface area contributed by atoms with E-state index in [4.69, 9.17) is 11.6 Å². The van der Waals surface area contributed by atoms with E-state index < -0.39 is 9.84 Å². The summed E-state index contributed by atoms with van der Waals surface area (Å²) in [4.78, 5) is 0.316. The van der Waals surface area contributed by atoms with Crippen molar-refractivity contribution in [3.05, 3.63) is 29.3 Å². The molecule has 0 fully saturated rings. The van der Waals surface area contributed by atoms with Crippen LogP contribution >= 0.6 is 11.6 Å². The summed E-state index contributed by atoms with van der Waals surface area (Å²) in [5.74, 6) is 0.184. The predicted octanol–water partition coefficient (Wildman–Crippen LogP) is 2.89. The Kier molecular flexibility index (Phi) is 6.12. The lowest BCUT2D eigenvalue weighted by Gasteiger charge is -2.09. The Morgan fingerprint density at radius 1 is 1.33 bits per heavy atom. The molecule has 0 aliphatic heterocycles. The van der Waals surface area contributed by atoms with Crippen molar-refractivity contribution in [1.29, 1.82) is 0 Å². The van der Waals surface area contributed by atoms with Crippen molar-refractivity contribution >= 4 is 21.4 Å². The van der Waals surface area contributed by atoms with Gasteiger partial charge in [-0.05, 0) is 45.0 Å². The minimum Gasteiger partial charge on any atom is -0.317 e. The van der Waals surface area contributed by atoms with Gasteiger partial charge in [-0.2, -0.15) is 0 Å². The van der Waals surface area contributed by atoms with Crippen LogP contribution in [0, 0.1) is 0 Å². The van der Waals surface area contributed by atoms with E-state index in [9.17, 15) is 8.42 Å². The first-order chi connectivity index (χ1) is 8.45. The molecule has 0 bridgehead atoms. The Balaban J connectivity index is 2.51. The van der Waals surface area contributed by atoms with Crippen molar-refractivity contribution in [3.63, 3.8) is 0 Å². The van der Waals surface area contributed by atoms with Gasteiger partial charge in [0.2, 0.25) is 0 Å². The second-order valence-electron chi connectivity index (χ2n) is 4.46. The van der Waals surface area contributed by atoms with E-state index in [1.165, 1.54) is 6.07 Å². The zero-order chi connectivity index (χ0) is 13.6. The van der Waals surface area contributed by atoms with Crippen LogP contribution in [-0.2, 0) is 9.84 Å². The van der Waals surface area contributed by atoms with E-state index in [1.807, 2.05) is 7.05 Å². The average Bonchev–Trinajstić information content (AvgIpc) is 2.34. The lowest BCUT2D eigenvalue weighted by Crippen LogP contribution is -2.21. The van der Waals surface area contributed by atoms with Gasteiger partial charge >= 0.3 is 0 Å². The molecular formula is C13H20ClNO2S. The molecule has 5 heteroatoms. The van der Waals surface area contributed by atoms with Crippen LogP contribution in [-0.4, -0.2) is 27.3 Å². The molecule has 0 heterocycles.